The predicted octanol–water partition coefficient (Wildman–Crippen LogP) is 2.24. The second-order valence-electron chi connectivity index (χ2n) is 1.99. The first-order valence-electron chi connectivity index (χ1n) is 3.28. The summed E-state index contributed by atoms with van der Waals surface area (Å²) in [6.45, 7) is 2.71. The molecule has 60 valence electrons. The van der Waals surface area contributed by atoms with Crippen molar-refractivity contribution in [3.63, 3.8) is 0 Å². The lowest BCUT2D eigenvalue weighted by atomic mass is 10.4. The highest BCUT2D eigenvalue weighted by molar-refractivity contribution is 9.10. The van der Waals surface area contributed by atoms with Gasteiger partial charge in [-0.25, -0.2) is 0 Å². The molecule has 0 aliphatic heterocycles. The van der Waals surface area contributed by atoms with Gasteiger partial charge in [-0.3, -0.25) is 4.99 Å². The van der Waals surface area contributed by atoms with Gasteiger partial charge in [-0.1, -0.05) is 0 Å². The van der Waals surface area contributed by atoms with E-state index in [1.807, 2.05) is 18.4 Å². The van der Waals surface area contributed by atoms with Crippen molar-refractivity contribution in [2.24, 2.45) is 10.7 Å². The number of nitrogens with two attached hydrogens (primary N) is 1. The lowest BCUT2D eigenvalue weighted by molar-refractivity contribution is 1.12. The molecule has 1 aromatic rings. The average molecular weight is 233 g/mol. The molecule has 2 nitrogen and oxygen atoms in total. The predicted molar refractivity (Wildman–Crippen MR) is 53.3 cm³/mol. The van der Waals surface area contributed by atoms with Crippen LogP contribution in [0.2, 0.25) is 0 Å². The molecular formula is C7H9BrN2S. The molecule has 0 amide bonds. The molecule has 1 heterocycles. The molecule has 0 aromatic carbocycles. The van der Waals surface area contributed by atoms with Gasteiger partial charge in [-0.2, -0.15) is 0 Å². The molecule has 1 rings (SSSR count). The Hall–Kier alpha value is -0.350. The summed E-state index contributed by atoms with van der Waals surface area (Å²) in [4.78, 5) is 5.12. The molecule has 0 saturated heterocycles. The van der Waals surface area contributed by atoms with E-state index in [-0.39, 0.29) is 0 Å². The molecule has 0 aliphatic carbocycles. The summed E-state index contributed by atoms with van der Waals surface area (Å²) in [6.07, 6.45) is 0. The van der Waals surface area contributed by atoms with Crippen molar-refractivity contribution in [1.82, 2.24) is 0 Å². The summed E-state index contributed by atoms with van der Waals surface area (Å²) in [5.74, 6) is 0.628. The number of rotatable bonds is 2. The van der Waals surface area contributed by atoms with E-state index in [1.165, 1.54) is 0 Å². The van der Waals surface area contributed by atoms with Gasteiger partial charge < -0.3 is 5.73 Å². The maximum Gasteiger partial charge on any atom is 0.135 e. The zero-order valence-corrected chi connectivity index (χ0v) is 8.58. The lowest BCUT2D eigenvalue weighted by Gasteiger charge is -1.92. The van der Waals surface area contributed by atoms with Crippen molar-refractivity contribution in [1.29, 1.82) is 0 Å². The van der Waals surface area contributed by atoms with E-state index < -0.39 is 0 Å². The van der Waals surface area contributed by atoms with Gasteiger partial charge in [0.05, 0.1) is 4.88 Å². The molecule has 0 radical (unpaired) electrons. The van der Waals surface area contributed by atoms with E-state index in [2.05, 4.69) is 20.9 Å². The van der Waals surface area contributed by atoms with Crippen LogP contribution >= 0.6 is 27.3 Å². The number of nitrogens with zero attached hydrogens (tertiary/aromatic N) is 1. The monoisotopic (exact) mass is 232 g/mol. The lowest BCUT2D eigenvalue weighted by Crippen LogP contribution is -2.11. The third-order valence-corrected chi connectivity index (χ3v) is 2.86. The number of amidine groups is 1. The van der Waals surface area contributed by atoms with Crippen molar-refractivity contribution >= 4 is 33.1 Å². The van der Waals surface area contributed by atoms with Crippen LogP contribution < -0.4 is 5.73 Å². The molecular weight excluding hydrogens is 224 g/mol. The molecule has 0 spiro atoms. The van der Waals surface area contributed by atoms with Gasteiger partial charge in [0, 0.05) is 16.4 Å². The summed E-state index contributed by atoms with van der Waals surface area (Å²) < 4.78 is 1.06. The number of halogens is 1. The van der Waals surface area contributed by atoms with Crippen LogP contribution in [0.5, 0.6) is 0 Å². The zero-order chi connectivity index (χ0) is 8.27. The van der Waals surface area contributed by atoms with Crippen LogP contribution in [-0.2, 0) is 0 Å². The largest absolute Gasteiger partial charge is 0.383 e. The molecule has 11 heavy (non-hydrogen) atoms. The number of hydrogen-bond acceptors (Lipinski definition) is 2. The minimum atomic E-state index is 0.628. The van der Waals surface area contributed by atoms with E-state index in [0.29, 0.717) is 5.84 Å². The molecule has 1 aromatic heterocycles. The SMILES string of the molecule is CCN=C(N)c1cc(Br)cs1. The number of aliphatic imine (C=N–C) groups is 1. The van der Waals surface area contributed by atoms with E-state index in [0.717, 1.165) is 15.9 Å². The highest BCUT2D eigenvalue weighted by atomic mass is 79.9. The van der Waals surface area contributed by atoms with E-state index in [9.17, 15) is 0 Å². The smallest absolute Gasteiger partial charge is 0.135 e. The molecule has 0 saturated carbocycles. The van der Waals surface area contributed by atoms with Crippen molar-refractivity contribution in [3.05, 3.63) is 20.8 Å². The van der Waals surface area contributed by atoms with Gasteiger partial charge in [-0.15, -0.1) is 11.3 Å². The first-order chi connectivity index (χ1) is 5.24. The van der Waals surface area contributed by atoms with Crippen molar-refractivity contribution in [2.45, 2.75) is 6.92 Å². The number of hydrogen-bond donors (Lipinski definition) is 1. The van der Waals surface area contributed by atoms with Gasteiger partial charge in [0.1, 0.15) is 5.84 Å². The van der Waals surface area contributed by atoms with Gasteiger partial charge in [-0.05, 0) is 28.9 Å². The normalized spacial score (nSPS) is 12.0. The molecule has 0 aliphatic rings. The molecule has 2 N–H and O–H groups in total. The highest BCUT2D eigenvalue weighted by Gasteiger charge is 1.99. The maximum absolute atomic E-state index is 5.66. The second-order valence-corrected chi connectivity index (χ2v) is 3.82. The van der Waals surface area contributed by atoms with Gasteiger partial charge in [0.15, 0.2) is 0 Å². The van der Waals surface area contributed by atoms with Gasteiger partial charge >= 0.3 is 0 Å². The Labute approximate surface area is 78.3 Å². The van der Waals surface area contributed by atoms with Crippen LogP contribution in [0.1, 0.15) is 11.8 Å². The Morgan fingerprint density at radius 1 is 1.82 bits per heavy atom. The number of thiophene rings is 1. The molecule has 0 unspecified atom stereocenters. The van der Waals surface area contributed by atoms with Crippen molar-refractivity contribution in [2.75, 3.05) is 6.54 Å². The molecule has 0 atom stereocenters. The van der Waals surface area contributed by atoms with E-state index >= 15 is 0 Å². The van der Waals surface area contributed by atoms with Crippen LogP contribution in [0.4, 0.5) is 0 Å². The summed E-state index contributed by atoms with van der Waals surface area (Å²) in [5, 5.41) is 1.99. The Morgan fingerprint density at radius 2 is 2.55 bits per heavy atom. The Kier molecular flexibility index (Phi) is 3.08. The summed E-state index contributed by atoms with van der Waals surface area (Å²) in [7, 11) is 0. The van der Waals surface area contributed by atoms with Crippen LogP contribution in [0.25, 0.3) is 0 Å². The summed E-state index contributed by atoms with van der Waals surface area (Å²) in [5.41, 5.74) is 5.66. The van der Waals surface area contributed by atoms with Crippen LogP contribution in [0.15, 0.2) is 20.9 Å². The zero-order valence-electron chi connectivity index (χ0n) is 6.17. The quantitative estimate of drug-likeness (QED) is 0.617. The fourth-order valence-corrected chi connectivity index (χ4v) is 2.04. The standard InChI is InChI=1S/C7H9BrN2S/c1-2-10-7(9)6-3-5(8)4-11-6/h3-4H,2H2,1H3,(H2,9,10). The third kappa shape index (κ3) is 2.31. The van der Waals surface area contributed by atoms with Crippen molar-refractivity contribution < 1.29 is 0 Å². The van der Waals surface area contributed by atoms with E-state index in [1.54, 1.807) is 11.3 Å². The first-order valence-corrected chi connectivity index (χ1v) is 4.95. The molecule has 0 fully saturated rings. The van der Waals surface area contributed by atoms with Gasteiger partial charge in [0.25, 0.3) is 0 Å². The third-order valence-electron chi connectivity index (χ3n) is 1.15. The average Bonchev–Trinajstić information content (AvgIpc) is 2.36. The summed E-state index contributed by atoms with van der Waals surface area (Å²) >= 11 is 4.95. The fourth-order valence-electron chi connectivity index (χ4n) is 0.696. The first kappa shape index (κ1) is 8.74. The second kappa shape index (κ2) is 3.88. The fraction of sp³-hybridized carbons (Fsp3) is 0.286. The topological polar surface area (TPSA) is 38.4 Å². The van der Waals surface area contributed by atoms with E-state index in [4.69, 9.17) is 5.73 Å². The Balaban J connectivity index is 2.84. The molecule has 4 heteroatoms. The minimum absolute atomic E-state index is 0.628. The Bertz CT molecular complexity index is 267. The molecule has 0 bridgehead atoms. The Morgan fingerprint density at radius 3 is 3.00 bits per heavy atom. The maximum atomic E-state index is 5.66. The van der Waals surface area contributed by atoms with Crippen LogP contribution in [0, 0.1) is 0 Å². The van der Waals surface area contributed by atoms with Gasteiger partial charge in [0.2, 0.25) is 0 Å². The highest BCUT2D eigenvalue weighted by Crippen LogP contribution is 2.19. The summed E-state index contributed by atoms with van der Waals surface area (Å²) in [6, 6.07) is 1.97. The van der Waals surface area contributed by atoms with Crippen LogP contribution in [-0.4, -0.2) is 12.4 Å². The minimum Gasteiger partial charge on any atom is -0.383 e. The van der Waals surface area contributed by atoms with Crippen LogP contribution in [0.3, 0.4) is 0 Å². The van der Waals surface area contributed by atoms with Crippen molar-refractivity contribution in [3.8, 4) is 0 Å².